The Kier molecular flexibility index (Phi) is 11.7. The second-order valence-electron chi connectivity index (χ2n) is 10.7. The summed E-state index contributed by atoms with van der Waals surface area (Å²) in [5.41, 5.74) is 3.30. The predicted octanol–water partition coefficient (Wildman–Crippen LogP) is 6.87. The van der Waals surface area contributed by atoms with E-state index in [1.54, 1.807) is 48.5 Å². The molecule has 1 unspecified atom stereocenters. The van der Waals surface area contributed by atoms with Crippen molar-refractivity contribution < 1.29 is 24.2 Å². The van der Waals surface area contributed by atoms with Crippen LogP contribution >= 0.6 is 0 Å². The molecule has 0 aromatic heterocycles. The van der Waals surface area contributed by atoms with Crippen LogP contribution in [0.2, 0.25) is 0 Å². The van der Waals surface area contributed by atoms with Crippen molar-refractivity contribution in [3.8, 4) is 5.75 Å². The highest BCUT2D eigenvalue weighted by atomic mass is 16.5. The van der Waals surface area contributed by atoms with Gasteiger partial charge in [-0.05, 0) is 48.2 Å². The van der Waals surface area contributed by atoms with Gasteiger partial charge in [-0.25, -0.2) is 4.79 Å². The Labute approximate surface area is 259 Å². The fraction of sp³-hybridized carbons (Fsp3) is 0.270. The van der Waals surface area contributed by atoms with Gasteiger partial charge >= 0.3 is 5.97 Å². The van der Waals surface area contributed by atoms with Gasteiger partial charge in [-0.3, -0.25) is 9.59 Å². The highest BCUT2D eigenvalue weighted by molar-refractivity contribution is 6.12. The average Bonchev–Trinajstić information content (AvgIpc) is 3.06. The van der Waals surface area contributed by atoms with Crippen LogP contribution in [0.5, 0.6) is 5.75 Å². The summed E-state index contributed by atoms with van der Waals surface area (Å²) in [7, 11) is 0. The number of rotatable bonds is 16. The zero-order valence-electron chi connectivity index (χ0n) is 25.3. The van der Waals surface area contributed by atoms with Crippen LogP contribution in [0.15, 0.2) is 109 Å². The van der Waals surface area contributed by atoms with Gasteiger partial charge in [-0.15, -0.1) is 0 Å². The van der Waals surface area contributed by atoms with Gasteiger partial charge in [0.2, 0.25) is 5.91 Å². The van der Waals surface area contributed by atoms with Gasteiger partial charge in [0.15, 0.2) is 5.78 Å². The second kappa shape index (κ2) is 16.1. The molecule has 0 spiro atoms. The van der Waals surface area contributed by atoms with Crippen LogP contribution in [0.3, 0.4) is 0 Å². The molecule has 2 N–H and O–H groups in total. The van der Waals surface area contributed by atoms with Gasteiger partial charge in [0, 0.05) is 35.7 Å². The molecule has 4 aromatic carbocycles. The van der Waals surface area contributed by atoms with E-state index in [0.717, 1.165) is 24.0 Å². The minimum atomic E-state index is -1.02. The summed E-state index contributed by atoms with van der Waals surface area (Å²) in [4.78, 5) is 40.4. The van der Waals surface area contributed by atoms with Crippen LogP contribution in [-0.4, -0.2) is 46.9 Å². The van der Waals surface area contributed by atoms with Crippen LogP contribution < -0.4 is 10.1 Å². The molecule has 7 heteroatoms. The Balaban J connectivity index is 1.38. The molecule has 0 saturated heterocycles. The van der Waals surface area contributed by atoms with Crippen molar-refractivity contribution in [3.63, 3.8) is 0 Å². The summed E-state index contributed by atoms with van der Waals surface area (Å²) < 4.78 is 6.00. The number of amides is 1. The summed E-state index contributed by atoms with van der Waals surface area (Å²) in [6.07, 6.45) is 1.80. The molecule has 0 saturated carbocycles. The van der Waals surface area contributed by atoms with Crippen molar-refractivity contribution in [3.05, 3.63) is 131 Å². The smallest absolute Gasteiger partial charge is 0.326 e. The zero-order valence-corrected chi connectivity index (χ0v) is 25.3. The number of hydrogen-bond acceptors (Lipinski definition) is 5. The fourth-order valence-electron chi connectivity index (χ4n) is 5.14. The quantitative estimate of drug-likeness (QED) is 0.138. The molecule has 0 aliphatic heterocycles. The normalized spacial score (nSPS) is 11.5. The molecule has 0 fully saturated rings. The maximum atomic E-state index is 13.2. The summed E-state index contributed by atoms with van der Waals surface area (Å²) >= 11 is 0. The van der Waals surface area contributed by atoms with E-state index in [0.29, 0.717) is 42.3 Å². The number of ether oxygens (including phenoxy) is 1. The Morgan fingerprint density at radius 3 is 2.02 bits per heavy atom. The van der Waals surface area contributed by atoms with Gasteiger partial charge < -0.3 is 20.1 Å². The molecule has 1 atom stereocenters. The fourth-order valence-corrected chi connectivity index (χ4v) is 5.14. The largest absolute Gasteiger partial charge is 0.492 e. The number of anilines is 1. The Morgan fingerprint density at radius 2 is 1.39 bits per heavy atom. The van der Waals surface area contributed by atoms with Crippen molar-refractivity contribution in [1.29, 1.82) is 0 Å². The topological polar surface area (TPSA) is 95.9 Å². The van der Waals surface area contributed by atoms with Crippen LogP contribution in [0.4, 0.5) is 5.69 Å². The maximum Gasteiger partial charge on any atom is 0.326 e. The first kappa shape index (κ1) is 32.0. The third-order valence-electron chi connectivity index (χ3n) is 7.69. The minimum absolute atomic E-state index is 0.0165. The first-order chi connectivity index (χ1) is 21.4. The highest BCUT2D eigenvalue weighted by Crippen LogP contribution is 2.22. The SMILES string of the molecule is CCC(CC)C(=O)N(CCOc1ccc(CC(Nc2ccccc2C(=O)c2ccccc2)C(=O)O)cc1)Cc1ccccc1. The third kappa shape index (κ3) is 8.80. The third-order valence-corrected chi connectivity index (χ3v) is 7.69. The first-order valence-corrected chi connectivity index (χ1v) is 15.1. The summed E-state index contributed by atoms with van der Waals surface area (Å²) in [6.45, 7) is 5.40. The Hall–Kier alpha value is -4.91. The number of carboxylic acid groups (broad SMARTS) is 1. The molecular formula is C37H40N2O5. The molecule has 44 heavy (non-hydrogen) atoms. The van der Waals surface area contributed by atoms with Crippen LogP contribution in [0.25, 0.3) is 0 Å². The lowest BCUT2D eigenvalue weighted by atomic mass is 10.00. The van der Waals surface area contributed by atoms with E-state index in [4.69, 9.17) is 4.74 Å². The monoisotopic (exact) mass is 592 g/mol. The number of aliphatic carboxylic acids is 1. The number of carboxylic acids is 1. The lowest BCUT2D eigenvalue weighted by molar-refractivity contribution is -0.138. The lowest BCUT2D eigenvalue weighted by Gasteiger charge is -2.27. The predicted molar refractivity (Wildman–Crippen MR) is 173 cm³/mol. The number of hydrogen-bond donors (Lipinski definition) is 2. The number of nitrogens with one attached hydrogen (secondary N) is 1. The summed E-state index contributed by atoms with van der Waals surface area (Å²) in [5.74, 6) is -0.437. The van der Waals surface area contributed by atoms with Crippen molar-refractivity contribution in [2.75, 3.05) is 18.5 Å². The molecule has 1 amide bonds. The van der Waals surface area contributed by atoms with E-state index >= 15 is 0 Å². The van der Waals surface area contributed by atoms with Crippen LogP contribution in [0, 0.1) is 5.92 Å². The minimum Gasteiger partial charge on any atom is -0.492 e. The standard InChI is InChI=1S/C37H40N2O5/c1-3-29(4-2)36(41)39(26-28-13-7-5-8-14-28)23-24-44-31-21-19-27(20-22-31)25-34(37(42)43)38-33-18-12-11-17-32(33)35(40)30-15-9-6-10-16-30/h5-22,29,34,38H,3-4,23-26H2,1-2H3,(H,42,43). The molecular weight excluding hydrogens is 552 g/mol. The second-order valence-corrected chi connectivity index (χ2v) is 10.7. The average molecular weight is 593 g/mol. The molecule has 4 rings (SSSR count). The molecule has 7 nitrogen and oxygen atoms in total. The maximum absolute atomic E-state index is 13.2. The summed E-state index contributed by atoms with van der Waals surface area (Å²) in [6, 6.07) is 32.2. The van der Waals surface area contributed by atoms with E-state index in [1.165, 1.54) is 0 Å². The molecule has 0 heterocycles. The molecule has 0 aliphatic carbocycles. The van der Waals surface area contributed by atoms with Crippen molar-refractivity contribution in [2.24, 2.45) is 5.92 Å². The van der Waals surface area contributed by atoms with E-state index < -0.39 is 12.0 Å². The highest BCUT2D eigenvalue weighted by Gasteiger charge is 2.23. The van der Waals surface area contributed by atoms with E-state index in [-0.39, 0.29) is 24.0 Å². The van der Waals surface area contributed by atoms with Gasteiger partial charge in [-0.1, -0.05) is 98.8 Å². The Bertz CT molecular complexity index is 1500. The number of para-hydroxylation sites is 1. The van der Waals surface area contributed by atoms with Crippen LogP contribution in [-0.2, 0) is 22.6 Å². The molecule has 0 aliphatic rings. The number of carbonyl (C=O) groups is 3. The van der Waals surface area contributed by atoms with Crippen LogP contribution in [0.1, 0.15) is 53.7 Å². The van der Waals surface area contributed by atoms with Crippen molar-refractivity contribution in [2.45, 2.75) is 45.7 Å². The number of carbonyl (C=O) groups excluding carboxylic acids is 2. The molecule has 228 valence electrons. The van der Waals surface area contributed by atoms with E-state index in [2.05, 4.69) is 5.32 Å². The number of nitrogens with zero attached hydrogens (tertiary/aromatic N) is 1. The molecule has 4 aromatic rings. The van der Waals surface area contributed by atoms with E-state index in [9.17, 15) is 19.5 Å². The first-order valence-electron chi connectivity index (χ1n) is 15.1. The van der Waals surface area contributed by atoms with Crippen molar-refractivity contribution in [1.82, 2.24) is 4.90 Å². The van der Waals surface area contributed by atoms with Gasteiger partial charge in [0.1, 0.15) is 18.4 Å². The van der Waals surface area contributed by atoms with Gasteiger partial charge in [0.05, 0.1) is 6.54 Å². The van der Waals surface area contributed by atoms with Gasteiger partial charge in [-0.2, -0.15) is 0 Å². The van der Waals surface area contributed by atoms with E-state index in [1.807, 2.05) is 79.4 Å². The zero-order chi connectivity index (χ0) is 31.3. The molecule has 0 radical (unpaired) electrons. The van der Waals surface area contributed by atoms with Gasteiger partial charge in [0.25, 0.3) is 0 Å². The molecule has 0 bridgehead atoms. The summed E-state index contributed by atoms with van der Waals surface area (Å²) in [5, 5.41) is 13.1. The number of benzene rings is 4. The number of ketones is 1. The van der Waals surface area contributed by atoms with Crippen molar-refractivity contribution >= 4 is 23.3 Å². The lowest BCUT2D eigenvalue weighted by Crippen LogP contribution is -2.38. The Morgan fingerprint density at radius 1 is 0.773 bits per heavy atom.